The van der Waals surface area contributed by atoms with Crippen LogP contribution in [-0.4, -0.2) is 26.5 Å². The number of nitrogens with one attached hydrogen (secondary N) is 1. The van der Waals surface area contributed by atoms with Crippen molar-refractivity contribution < 1.29 is 9.59 Å². The highest BCUT2D eigenvalue weighted by atomic mass is 32.2. The van der Waals surface area contributed by atoms with Crippen LogP contribution in [0.1, 0.15) is 31.1 Å². The lowest BCUT2D eigenvalue weighted by Crippen LogP contribution is -2.22. The fourth-order valence-corrected chi connectivity index (χ4v) is 3.68. The maximum Gasteiger partial charge on any atom is 0.237 e. The smallest absolute Gasteiger partial charge is 0.237 e. The van der Waals surface area contributed by atoms with Gasteiger partial charge in [0.1, 0.15) is 0 Å². The molecule has 0 aliphatic heterocycles. The van der Waals surface area contributed by atoms with Gasteiger partial charge in [-0.25, -0.2) is 4.98 Å². The molecule has 0 aliphatic rings. The molecule has 1 heterocycles. The van der Waals surface area contributed by atoms with Gasteiger partial charge in [-0.15, -0.1) is 0 Å². The predicted octanol–water partition coefficient (Wildman–Crippen LogP) is 4.38. The Balaban J connectivity index is 1.72. The van der Waals surface area contributed by atoms with Crippen molar-refractivity contribution in [1.82, 2.24) is 9.55 Å². The van der Waals surface area contributed by atoms with Crippen LogP contribution in [0.2, 0.25) is 0 Å². The molecule has 0 fully saturated rings. The van der Waals surface area contributed by atoms with Crippen LogP contribution in [-0.2, 0) is 11.3 Å². The summed E-state index contributed by atoms with van der Waals surface area (Å²) in [5.74, 6) is -0.0921. The van der Waals surface area contributed by atoms with Gasteiger partial charge in [0, 0.05) is 17.8 Å². The first-order chi connectivity index (χ1) is 12.5. The summed E-state index contributed by atoms with van der Waals surface area (Å²) in [7, 11) is 0. The quantitative estimate of drug-likeness (QED) is 0.519. The number of thioether (sulfide) groups is 1. The molecule has 2 aromatic carbocycles. The number of anilines is 1. The highest BCUT2D eigenvalue weighted by molar-refractivity contribution is 8.00. The highest BCUT2D eigenvalue weighted by Crippen LogP contribution is 2.27. The molecule has 3 rings (SSSR count). The first kappa shape index (κ1) is 18.2. The summed E-state index contributed by atoms with van der Waals surface area (Å²) in [6, 6.07) is 14.9. The van der Waals surface area contributed by atoms with Gasteiger partial charge in [-0.05, 0) is 57.2 Å². The zero-order chi connectivity index (χ0) is 18.7. The Labute approximate surface area is 156 Å². The molecule has 1 amide bonds. The van der Waals surface area contributed by atoms with Crippen molar-refractivity contribution in [3.05, 3.63) is 54.1 Å². The van der Waals surface area contributed by atoms with Gasteiger partial charge in [-0.1, -0.05) is 23.9 Å². The predicted molar refractivity (Wildman–Crippen MR) is 106 cm³/mol. The second kappa shape index (κ2) is 7.74. The van der Waals surface area contributed by atoms with Crippen LogP contribution in [0.15, 0.2) is 53.7 Å². The minimum atomic E-state index is -0.301. The van der Waals surface area contributed by atoms with Crippen molar-refractivity contribution >= 4 is 40.2 Å². The molecule has 134 valence electrons. The van der Waals surface area contributed by atoms with E-state index < -0.39 is 0 Å². The van der Waals surface area contributed by atoms with E-state index in [1.54, 1.807) is 24.3 Å². The summed E-state index contributed by atoms with van der Waals surface area (Å²) in [5.41, 5.74) is 3.31. The number of hydrogen-bond acceptors (Lipinski definition) is 4. The third-order valence-electron chi connectivity index (χ3n) is 4.15. The lowest BCUT2D eigenvalue weighted by Gasteiger charge is -2.13. The Hall–Kier alpha value is -2.60. The fraction of sp³-hybridized carbons (Fsp3) is 0.250. The number of ketones is 1. The number of imidazole rings is 1. The molecular formula is C20H21N3O2S. The van der Waals surface area contributed by atoms with E-state index in [1.165, 1.54) is 18.7 Å². The number of aromatic nitrogens is 2. The molecule has 26 heavy (non-hydrogen) atoms. The Morgan fingerprint density at radius 2 is 1.85 bits per heavy atom. The lowest BCUT2D eigenvalue weighted by atomic mass is 10.1. The number of fused-ring (bicyclic) bond motifs is 1. The van der Waals surface area contributed by atoms with Crippen molar-refractivity contribution in [1.29, 1.82) is 0 Å². The summed E-state index contributed by atoms with van der Waals surface area (Å²) < 4.78 is 2.12. The second-order valence-electron chi connectivity index (χ2n) is 6.01. The van der Waals surface area contributed by atoms with Crippen LogP contribution >= 0.6 is 11.8 Å². The highest BCUT2D eigenvalue weighted by Gasteiger charge is 2.19. The molecule has 0 saturated heterocycles. The average Bonchev–Trinajstić information content (AvgIpc) is 2.99. The van der Waals surface area contributed by atoms with Gasteiger partial charge >= 0.3 is 0 Å². The Kier molecular flexibility index (Phi) is 5.42. The number of amides is 1. The van der Waals surface area contributed by atoms with Crippen LogP contribution < -0.4 is 5.32 Å². The van der Waals surface area contributed by atoms with Gasteiger partial charge in [0.15, 0.2) is 10.9 Å². The molecule has 0 aliphatic carbocycles. The van der Waals surface area contributed by atoms with E-state index in [2.05, 4.69) is 21.8 Å². The van der Waals surface area contributed by atoms with E-state index in [0.29, 0.717) is 11.3 Å². The van der Waals surface area contributed by atoms with Crippen LogP contribution in [0.25, 0.3) is 11.0 Å². The topological polar surface area (TPSA) is 64.0 Å². The number of para-hydroxylation sites is 2. The average molecular weight is 367 g/mol. The van der Waals surface area contributed by atoms with E-state index in [0.717, 1.165) is 22.7 Å². The number of nitrogens with zero attached hydrogens (tertiary/aromatic N) is 2. The molecule has 0 bridgehead atoms. The van der Waals surface area contributed by atoms with Crippen molar-refractivity contribution in [2.24, 2.45) is 0 Å². The molecule has 5 nitrogen and oxygen atoms in total. The zero-order valence-corrected chi connectivity index (χ0v) is 15.8. The monoisotopic (exact) mass is 367 g/mol. The van der Waals surface area contributed by atoms with Gasteiger partial charge in [0.2, 0.25) is 5.91 Å². The van der Waals surface area contributed by atoms with E-state index >= 15 is 0 Å². The van der Waals surface area contributed by atoms with Crippen molar-refractivity contribution in [2.45, 2.75) is 37.7 Å². The standard InChI is InChI=1S/C20H21N3O2S/c1-4-23-18-8-6-5-7-17(18)22-20(23)26-14(3)19(25)21-16-11-9-15(10-12-16)13(2)24/h5-12,14H,4H2,1-3H3,(H,21,25)/t14-/m0/s1. The first-order valence-electron chi connectivity index (χ1n) is 8.53. The number of carbonyl (C=O) groups is 2. The number of hydrogen-bond donors (Lipinski definition) is 1. The van der Waals surface area contributed by atoms with Gasteiger partial charge in [-0.2, -0.15) is 0 Å². The van der Waals surface area contributed by atoms with Gasteiger partial charge in [0.05, 0.1) is 16.3 Å². The van der Waals surface area contributed by atoms with Crippen LogP contribution in [0.5, 0.6) is 0 Å². The Bertz CT molecular complexity index is 947. The minimum Gasteiger partial charge on any atom is -0.325 e. The van der Waals surface area contributed by atoms with E-state index in [-0.39, 0.29) is 16.9 Å². The Morgan fingerprint density at radius 1 is 1.15 bits per heavy atom. The summed E-state index contributed by atoms with van der Waals surface area (Å²) in [6.45, 7) is 6.25. The third-order valence-corrected chi connectivity index (χ3v) is 5.24. The second-order valence-corrected chi connectivity index (χ2v) is 7.32. The number of benzene rings is 2. The summed E-state index contributed by atoms with van der Waals surface area (Å²) in [4.78, 5) is 28.5. The SMILES string of the molecule is CCn1c(S[C@@H](C)C(=O)Nc2ccc(C(C)=O)cc2)nc2ccccc21. The van der Waals surface area contributed by atoms with Crippen molar-refractivity contribution in [2.75, 3.05) is 5.32 Å². The van der Waals surface area contributed by atoms with Gasteiger partial charge in [-0.3, -0.25) is 9.59 Å². The van der Waals surface area contributed by atoms with Crippen LogP contribution in [0.3, 0.4) is 0 Å². The zero-order valence-electron chi connectivity index (χ0n) is 15.0. The molecule has 0 spiro atoms. The summed E-state index contributed by atoms with van der Waals surface area (Å²) >= 11 is 1.44. The van der Waals surface area contributed by atoms with Crippen LogP contribution in [0.4, 0.5) is 5.69 Å². The maximum atomic E-state index is 12.5. The first-order valence-corrected chi connectivity index (χ1v) is 9.41. The molecule has 1 N–H and O–H groups in total. The maximum absolute atomic E-state index is 12.5. The fourth-order valence-electron chi connectivity index (χ4n) is 2.69. The summed E-state index contributed by atoms with van der Waals surface area (Å²) in [5, 5.41) is 3.43. The molecule has 1 atom stereocenters. The minimum absolute atomic E-state index is 0.00488. The molecule has 0 radical (unpaired) electrons. The Morgan fingerprint density at radius 3 is 2.50 bits per heavy atom. The van der Waals surface area contributed by atoms with Gasteiger partial charge in [0.25, 0.3) is 0 Å². The van der Waals surface area contributed by atoms with E-state index in [9.17, 15) is 9.59 Å². The van der Waals surface area contributed by atoms with E-state index in [4.69, 9.17) is 0 Å². The normalized spacial score (nSPS) is 12.1. The van der Waals surface area contributed by atoms with Crippen molar-refractivity contribution in [3.63, 3.8) is 0 Å². The van der Waals surface area contributed by atoms with Gasteiger partial charge < -0.3 is 9.88 Å². The molecule has 0 saturated carbocycles. The number of rotatable bonds is 6. The summed E-state index contributed by atoms with van der Waals surface area (Å²) in [6.07, 6.45) is 0. The van der Waals surface area contributed by atoms with E-state index in [1.807, 2.05) is 31.2 Å². The number of carbonyl (C=O) groups excluding carboxylic acids is 2. The number of aryl methyl sites for hydroxylation is 1. The largest absolute Gasteiger partial charge is 0.325 e. The van der Waals surface area contributed by atoms with Crippen molar-refractivity contribution in [3.8, 4) is 0 Å². The molecule has 0 unspecified atom stereocenters. The number of Topliss-reactive ketones (excluding diaryl/α,β-unsaturated/α-hetero) is 1. The lowest BCUT2D eigenvalue weighted by molar-refractivity contribution is -0.115. The molecule has 3 aromatic rings. The third kappa shape index (κ3) is 3.80. The van der Waals surface area contributed by atoms with Crippen LogP contribution in [0, 0.1) is 0 Å². The molecular weight excluding hydrogens is 346 g/mol. The molecule has 1 aromatic heterocycles. The molecule has 6 heteroatoms.